The van der Waals surface area contributed by atoms with Gasteiger partial charge in [0.05, 0.1) is 11.5 Å². The first kappa shape index (κ1) is 16.5. The Hall–Kier alpha value is -0.590. The maximum Gasteiger partial charge on any atom is 0.428 e. The molecule has 0 N–H and O–H groups in total. The Labute approximate surface area is 122 Å². The molecule has 1 aliphatic heterocycles. The fourth-order valence-electron chi connectivity index (χ4n) is 1.82. The fraction of sp³-hybridized carbons (Fsp3) is 0.909. The number of aliphatic imine (C=N–C) groups is 1. The Morgan fingerprint density at radius 1 is 1.58 bits per heavy atom. The van der Waals surface area contributed by atoms with Crippen LogP contribution in [0.3, 0.4) is 0 Å². The second-order valence-corrected chi connectivity index (χ2v) is 6.04. The molecule has 0 radical (unpaired) electrons. The molecule has 110 valence electrons. The summed E-state index contributed by atoms with van der Waals surface area (Å²) in [4.78, 5) is 16.1. The van der Waals surface area contributed by atoms with Crippen LogP contribution in [0.2, 0.25) is 0 Å². The number of amidine groups is 1. The van der Waals surface area contributed by atoms with Crippen molar-refractivity contribution in [1.82, 2.24) is 4.90 Å². The van der Waals surface area contributed by atoms with Crippen molar-refractivity contribution in [2.75, 3.05) is 33.4 Å². The summed E-state index contributed by atoms with van der Waals surface area (Å²) in [5.41, 5.74) is 0. The SMILES string of the molecule is CCN(C)C(=NCC1COCC1C)C(Cl)(Cl)[N+](=O)[O-]. The molecule has 0 aromatic carbocycles. The van der Waals surface area contributed by atoms with Gasteiger partial charge in [0, 0.05) is 32.7 Å². The number of hydrogen-bond donors (Lipinski definition) is 0. The highest BCUT2D eigenvalue weighted by atomic mass is 35.5. The van der Waals surface area contributed by atoms with Crippen LogP contribution < -0.4 is 0 Å². The lowest BCUT2D eigenvalue weighted by Crippen LogP contribution is -2.45. The molecule has 1 fully saturated rings. The van der Waals surface area contributed by atoms with Gasteiger partial charge in [0.25, 0.3) is 0 Å². The summed E-state index contributed by atoms with van der Waals surface area (Å²) in [5, 5.41) is 11.0. The van der Waals surface area contributed by atoms with Crippen LogP contribution in [0.25, 0.3) is 0 Å². The third-order valence-electron chi connectivity index (χ3n) is 3.33. The molecule has 19 heavy (non-hydrogen) atoms. The first-order chi connectivity index (χ1) is 8.80. The van der Waals surface area contributed by atoms with Crippen LogP contribution in [0.1, 0.15) is 13.8 Å². The molecule has 0 amide bonds. The topological polar surface area (TPSA) is 68.0 Å². The van der Waals surface area contributed by atoms with Gasteiger partial charge >= 0.3 is 4.46 Å². The van der Waals surface area contributed by atoms with E-state index in [1.807, 2.05) is 6.92 Å². The van der Waals surface area contributed by atoms with Gasteiger partial charge < -0.3 is 9.64 Å². The van der Waals surface area contributed by atoms with E-state index in [2.05, 4.69) is 11.9 Å². The van der Waals surface area contributed by atoms with Gasteiger partial charge in [-0.25, -0.2) is 0 Å². The molecule has 1 saturated heterocycles. The predicted octanol–water partition coefficient (Wildman–Crippen LogP) is 2.03. The Morgan fingerprint density at radius 2 is 2.21 bits per heavy atom. The third kappa shape index (κ3) is 3.94. The van der Waals surface area contributed by atoms with Gasteiger partial charge in [0.15, 0.2) is 0 Å². The zero-order valence-corrected chi connectivity index (χ0v) is 12.8. The van der Waals surface area contributed by atoms with E-state index < -0.39 is 9.38 Å². The number of likely N-dealkylation sites (N-methyl/N-ethyl adjacent to an activating group) is 1. The van der Waals surface area contributed by atoms with Crippen molar-refractivity contribution in [2.45, 2.75) is 18.3 Å². The van der Waals surface area contributed by atoms with Crippen LogP contribution in [0, 0.1) is 22.0 Å². The van der Waals surface area contributed by atoms with E-state index in [9.17, 15) is 10.1 Å². The van der Waals surface area contributed by atoms with E-state index in [-0.39, 0.29) is 11.8 Å². The van der Waals surface area contributed by atoms with E-state index >= 15 is 0 Å². The average Bonchev–Trinajstić information content (AvgIpc) is 2.74. The zero-order chi connectivity index (χ0) is 14.6. The van der Waals surface area contributed by atoms with Crippen molar-refractivity contribution >= 4 is 29.0 Å². The number of ether oxygens (including phenoxy) is 1. The molecule has 1 aliphatic rings. The third-order valence-corrected chi connectivity index (χ3v) is 3.94. The summed E-state index contributed by atoms with van der Waals surface area (Å²) in [6.45, 7) is 6.19. The highest BCUT2D eigenvalue weighted by Gasteiger charge is 2.46. The monoisotopic (exact) mass is 311 g/mol. The standard InChI is InChI=1S/C11H19Cl2N3O3/c1-4-15(3)10(11(12,13)16(17)18)14-5-9-7-19-6-8(9)2/h8-9H,4-7H2,1-3H3. The number of halogens is 2. The minimum Gasteiger partial charge on any atom is -0.381 e. The van der Waals surface area contributed by atoms with Gasteiger partial charge in [-0.15, -0.1) is 0 Å². The van der Waals surface area contributed by atoms with Crippen molar-refractivity contribution in [1.29, 1.82) is 0 Å². The molecule has 0 aromatic rings. The van der Waals surface area contributed by atoms with Crippen LogP contribution in [-0.2, 0) is 4.74 Å². The summed E-state index contributed by atoms with van der Waals surface area (Å²) in [5.74, 6) is 0.700. The zero-order valence-electron chi connectivity index (χ0n) is 11.3. The molecule has 0 aliphatic carbocycles. The Bertz CT molecular complexity index is 363. The first-order valence-electron chi connectivity index (χ1n) is 6.16. The van der Waals surface area contributed by atoms with Crippen LogP contribution in [-0.4, -0.2) is 53.5 Å². The van der Waals surface area contributed by atoms with Gasteiger partial charge in [0.1, 0.15) is 0 Å². The summed E-state index contributed by atoms with van der Waals surface area (Å²) in [6, 6.07) is 0. The fourth-order valence-corrected chi connectivity index (χ4v) is 2.23. The van der Waals surface area contributed by atoms with E-state index in [1.165, 1.54) is 0 Å². The van der Waals surface area contributed by atoms with Crippen LogP contribution in [0.15, 0.2) is 4.99 Å². The van der Waals surface area contributed by atoms with Crippen LogP contribution in [0.5, 0.6) is 0 Å². The number of nitrogens with zero attached hydrogens (tertiary/aromatic N) is 3. The molecule has 8 heteroatoms. The van der Waals surface area contributed by atoms with E-state index in [4.69, 9.17) is 27.9 Å². The minimum atomic E-state index is -2.21. The minimum absolute atomic E-state index is 0.0717. The van der Waals surface area contributed by atoms with E-state index in [0.717, 1.165) is 0 Å². The average molecular weight is 312 g/mol. The van der Waals surface area contributed by atoms with E-state index in [1.54, 1.807) is 11.9 Å². The molecule has 0 spiro atoms. The maximum absolute atomic E-state index is 11.0. The molecular formula is C11H19Cl2N3O3. The summed E-state index contributed by atoms with van der Waals surface area (Å²) in [6.07, 6.45) is 0. The molecule has 2 atom stereocenters. The van der Waals surface area contributed by atoms with Crippen molar-refractivity contribution in [3.05, 3.63) is 10.1 Å². The quantitative estimate of drug-likeness (QED) is 0.194. The molecule has 1 rings (SSSR count). The van der Waals surface area contributed by atoms with Gasteiger partial charge in [-0.3, -0.25) is 15.1 Å². The Kier molecular flexibility index (Phi) is 5.82. The highest BCUT2D eigenvalue weighted by molar-refractivity contribution is 6.57. The lowest BCUT2D eigenvalue weighted by atomic mass is 9.98. The van der Waals surface area contributed by atoms with Crippen molar-refractivity contribution in [2.24, 2.45) is 16.8 Å². The number of alkyl halides is 2. The van der Waals surface area contributed by atoms with Gasteiger partial charge in [-0.05, 0) is 36.0 Å². The second-order valence-electron chi connectivity index (χ2n) is 4.75. The summed E-state index contributed by atoms with van der Waals surface area (Å²) < 4.78 is 3.12. The Morgan fingerprint density at radius 3 is 2.63 bits per heavy atom. The lowest BCUT2D eigenvalue weighted by molar-refractivity contribution is -0.497. The number of hydrogen-bond acceptors (Lipinski definition) is 4. The normalized spacial score (nSPS) is 24.6. The summed E-state index contributed by atoms with van der Waals surface area (Å²) in [7, 11) is 1.68. The first-order valence-corrected chi connectivity index (χ1v) is 6.92. The van der Waals surface area contributed by atoms with Crippen molar-refractivity contribution in [3.63, 3.8) is 0 Å². The van der Waals surface area contributed by atoms with Crippen molar-refractivity contribution in [3.8, 4) is 0 Å². The van der Waals surface area contributed by atoms with E-state index in [0.29, 0.717) is 32.2 Å². The number of nitro groups is 1. The molecular weight excluding hydrogens is 293 g/mol. The maximum atomic E-state index is 11.0. The summed E-state index contributed by atoms with van der Waals surface area (Å²) >= 11 is 11.6. The predicted molar refractivity (Wildman–Crippen MR) is 75.5 cm³/mol. The second kappa shape index (κ2) is 6.72. The van der Waals surface area contributed by atoms with Crippen molar-refractivity contribution < 1.29 is 9.66 Å². The van der Waals surface area contributed by atoms with Crippen LogP contribution >= 0.6 is 23.2 Å². The smallest absolute Gasteiger partial charge is 0.381 e. The molecule has 6 nitrogen and oxygen atoms in total. The molecule has 0 aromatic heterocycles. The van der Waals surface area contributed by atoms with Crippen LogP contribution in [0.4, 0.5) is 0 Å². The molecule has 0 saturated carbocycles. The van der Waals surface area contributed by atoms with Gasteiger partial charge in [-0.2, -0.15) is 0 Å². The largest absolute Gasteiger partial charge is 0.428 e. The number of rotatable bonds is 5. The van der Waals surface area contributed by atoms with Gasteiger partial charge in [-0.1, -0.05) is 6.92 Å². The highest BCUT2D eigenvalue weighted by Crippen LogP contribution is 2.27. The molecule has 0 bridgehead atoms. The van der Waals surface area contributed by atoms with Gasteiger partial charge in [0.2, 0.25) is 5.84 Å². The lowest BCUT2D eigenvalue weighted by Gasteiger charge is -2.23. The molecule has 2 unspecified atom stereocenters. The molecule has 1 heterocycles. The Balaban J connectivity index is 2.87.